The molecule has 1 amide bonds. The van der Waals surface area contributed by atoms with Gasteiger partial charge in [-0.2, -0.15) is 16.3 Å². The number of hydrogen-bond donors (Lipinski definition) is 0. The van der Waals surface area contributed by atoms with Gasteiger partial charge in [0.2, 0.25) is 17.6 Å². The van der Waals surface area contributed by atoms with E-state index in [0.29, 0.717) is 31.5 Å². The minimum Gasteiger partial charge on any atom is -0.381 e. The first-order valence-electron chi connectivity index (χ1n) is 8.23. The molecule has 1 atom stereocenters. The van der Waals surface area contributed by atoms with Gasteiger partial charge in [-0.1, -0.05) is 5.16 Å². The summed E-state index contributed by atoms with van der Waals surface area (Å²) in [4.78, 5) is 21.1. The van der Waals surface area contributed by atoms with Crippen LogP contribution in [-0.4, -0.2) is 65.2 Å². The van der Waals surface area contributed by atoms with E-state index in [0.717, 1.165) is 38.2 Å². The standard InChI is InChI=1S/C16H20N4O3S/c21-16(12-1-7-22-10-12)20-5-3-19(4-6-20)9-14-17-15(18-23-14)13-2-8-24-11-13/h2,8,11-12H,1,3-7,9-10H2/t12-/m1/s1. The Balaban J connectivity index is 1.29. The third-order valence-electron chi connectivity index (χ3n) is 4.57. The summed E-state index contributed by atoms with van der Waals surface area (Å²) in [6.07, 6.45) is 0.854. The van der Waals surface area contributed by atoms with Gasteiger partial charge < -0.3 is 14.2 Å². The first kappa shape index (κ1) is 15.7. The molecule has 4 heterocycles. The molecular weight excluding hydrogens is 328 g/mol. The smallest absolute Gasteiger partial charge is 0.241 e. The molecule has 2 saturated heterocycles. The van der Waals surface area contributed by atoms with Gasteiger partial charge in [0, 0.05) is 43.7 Å². The summed E-state index contributed by atoms with van der Waals surface area (Å²) in [5.41, 5.74) is 0.990. The monoisotopic (exact) mass is 348 g/mol. The van der Waals surface area contributed by atoms with E-state index in [-0.39, 0.29) is 11.8 Å². The summed E-state index contributed by atoms with van der Waals surface area (Å²) in [5, 5.41) is 8.04. The molecule has 2 aromatic heterocycles. The molecule has 2 fully saturated rings. The normalized spacial score (nSPS) is 22.2. The molecule has 2 aliphatic rings. The molecule has 0 bridgehead atoms. The Hall–Kier alpha value is -1.77. The summed E-state index contributed by atoms with van der Waals surface area (Å²) in [7, 11) is 0. The number of carbonyl (C=O) groups is 1. The van der Waals surface area contributed by atoms with E-state index in [1.54, 1.807) is 11.3 Å². The SMILES string of the molecule is O=C([C@@H]1CCOC1)N1CCN(Cc2nc(-c3ccsc3)no2)CC1. The largest absolute Gasteiger partial charge is 0.381 e. The van der Waals surface area contributed by atoms with Gasteiger partial charge in [-0.25, -0.2) is 0 Å². The molecule has 0 aliphatic carbocycles. The van der Waals surface area contributed by atoms with Crippen molar-refractivity contribution in [2.45, 2.75) is 13.0 Å². The van der Waals surface area contributed by atoms with E-state index in [9.17, 15) is 4.79 Å². The fourth-order valence-corrected chi connectivity index (χ4v) is 3.77. The van der Waals surface area contributed by atoms with Crippen molar-refractivity contribution in [3.8, 4) is 11.4 Å². The number of carbonyl (C=O) groups excluding carboxylic acids is 1. The number of rotatable bonds is 4. The number of thiophene rings is 1. The highest BCUT2D eigenvalue weighted by molar-refractivity contribution is 7.08. The lowest BCUT2D eigenvalue weighted by molar-refractivity contribution is -0.137. The molecule has 7 nitrogen and oxygen atoms in total. The Labute approximate surface area is 144 Å². The Kier molecular flexibility index (Phi) is 4.59. The lowest BCUT2D eigenvalue weighted by atomic mass is 10.1. The third-order valence-corrected chi connectivity index (χ3v) is 5.25. The Morgan fingerprint density at radius 2 is 2.21 bits per heavy atom. The summed E-state index contributed by atoms with van der Waals surface area (Å²) < 4.78 is 10.7. The van der Waals surface area contributed by atoms with Crippen LogP contribution >= 0.6 is 11.3 Å². The molecule has 0 N–H and O–H groups in total. The van der Waals surface area contributed by atoms with Crippen molar-refractivity contribution in [1.29, 1.82) is 0 Å². The van der Waals surface area contributed by atoms with Gasteiger partial charge in [0.15, 0.2) is 0 Å². The second kappa shape index (κ2) is 7.00. The van der Waals surface area contributed by atoms with Crippen molar-refractivity contribution < 1.29 is 14.1 Å². The molecule has 0 aromatic carbocycles. The Bertz CT molecular complexity index is 673. The topological polar surface area (TPSA) is 71.7 Å². The van der Waals surface area contributed by atoms with Crippen LogP contribution in [0.2, 0.25) is 0 Å². The number of aromatic nitrogens is 2. The van der Waals surface area contributed by atoms with E-state index < -0.39 is 0 Å². The molecule has 0 saturated carbocycles. The zero-order valence-electron chi connectivity index (χ0n) is 13.4. The van der Waals surface area contributed by atoms with E-state index in [4.69, 9.17) is 9.26 Å². The summed E-state index contributed by atoms with van der Waals surface area (Å²) in [6.45, 7) is 5.07. The average Bonchev–Trinajstić information content (AvgIpc) is 3.36. The minimum atomic E-state index is 0.0562. The Morgan fingerprint density at radius 1 is 1.33 bits per heavy atom. The van der Waals surface area contributed by atoms with Crippen molar-refractivity contribution in [3.05, 3.63) is 22.7 Å². The van der Waals surface area contributed by atoms with Crippen LogP contribution in [0.3, 0.4) is 0 Å². The third kappa shape index (κ3) is 3.35. The van der Waals surface area contributed by atoms with Crippen molar-refractivity contribution in [2.24, 2.45) is 5.92 Å². The predicted molar refractivity (Wildman–Crippen MR) is 88.4 cm³/mol. The maximum atomic E-state index is 12.4. The van der Waals surface area contributed by atoms with Crippen molar-refractivity contribution >= 4 is 17.2 Å². The predicted octanol–water partition coefficient (Wildman–Crippen LogP) is 1.48. The van der Waals surface area contributed by atoms with E-state index in [1.165, 1.54) is 0 Å². The fourth-order valence-electron chi connectivity index (χ4n) is 3.13. The van der Waals surface area contributed by atoms with Crippen LogP contribution in [0.4, 0.5) is 0 Å². The maximum absolute atomic E-state index is 12.4. The highest BCUT2D eigenvalue weighted by Gasteiger charge is 2.30. The summed E-state index contributed by atoms with van der Waals surface area (Å²) in [5.74, 6) is 1.56. The van der Waals surface area contributed by atoms with Crippen LogP contribution < -0.4 is 0 Å². The molecule has 8 heteroatoms. The molecule has 0 spiro atoms. The number of ether oxygens (including phenoxy) is 1. The van der Waals surface area contributed by atoms with Gasteiger partial charge in [-0.3, -0.25) is 9.69 Å². The number of nitrogens with zero attached hydrogens (tertiary/aromatic N) is 4. The number of hydrogen-bond acceptors (Lipinski definition) is 7. The van der Waals surface area contributed by atoms with E-state index in [1.807, 2.05) is 21.7 Å². The molecule has 0 unspecified atom stereocenters. The molecule has 128 valence electrons. The van der Waals surface area contributed by atoms with Crippen LogP contribution in [0.25, 0.3) is 11.4 Å². The zero-order valence-corrected chi connectivity index (χ0v) is 14.2. The van der Waals surface area contributed by atoms with Crippen LogP contribution in [-0.2, 0) is 16.1 Å². The van der Waals surface area contributed by atoms with Gasteiger partial charge in [0.05, 0.1) is 19.1 Å². The molecular formula is C16H20N4O3S. The zero-order chi connectivity index (χ0) is 16.4. The Morgan fingerprint density at radius 3 is 2.92 bits per heavy atom. The average molecular weight is 348 g/mol. The van der Waals surface area contributed by atoms with E-state index in [2.05, 4.69) is 15.0 Å². The first-order valence-corrected chi connectivity index (χ1v) is 9.18. The highest BCUT2D eigenvalue weighted by Crippen LogP contribution is 2.20. The lowest BCUT2D eigenvalue weighted by Crippen LogP contribution is -2.50. The van der Waals surface area contributed by atoms with Gasteiger partial charge in [-0.15, -0.1) is 0 Å². The van der Waals surface area contributed by atoms with Crippen LogP contribution in [0.1, 0.15) is 12.3 Å². The highest BCUT2D eigenvalue weighted by atomic mass is 32.1. The van der Waals surface area contributed by atoms with Crippen molar-refractivity contribution in [1.82, 2.24) is 19.9 Å². The minimum absolute atomic E-state index is 0.0562. The van der Waals surface area contributed by atoms with Crippen LogP contribution in [0.5, 0.6) is 0 Å². The molecule has 0 radical (unpaired) electrons. The van der Waals surface area contributed by atoms with E-state index >= 15 is 0 Å². The molecule has 2 aromatic rings. The van der Waals surface area contributed by atoms with Gasteiger partial charge >= 0.3 is 0 Å². The first-order chi connectivity index (χ1) is 11.8. The van der Waals surface area contributed by atoms with Gasteiger partial charge in [0.25, 0.3) is 0 Å². The number of amides is 1. The summed E-state index contributed by atoms with van der Waals surface area (Å²) >= 11 is 1.61. The lowest BCUT2D eigenvalue weighted by Gasteiger charge is -2.35. The van der Waals surface area contributed by atoms with Gasteiger partial charge in [-0.05, 0) is 17.9 Å². The second-order valence-corrected chi connectivity index (χ2v) is 6.97. The second-order valence-electron chi connectivity index (χ2n) is 6.19. The molecule has 4 rings (SSSR count). The van der Waals surface area contributed by atoms with Crippen molar-refractivity contribution in [3.63, 3.8) is 0 Å². The van der Waals surface area contributed by atoms with Crippen LogP contribution in [0, 0.1) is 5.92 Å². The fraction of sp³-hybridized carbons (Fsp3) is 0.562. The maximum Gasteiger partial charge on any atom is 0.241 e. The molecule has 24 heavy (non-hydrogen) atoms. The quantitative estimate of drug-likeness (QED) is 0.833. The molecule has 2 aliphatic heterocycles. The van der Waals surface area contributed by atoms with Crippen molar-refractivity contribution in [2.75, 3.05) is 39.4 Å². The summed E-state index contributed by atoms with van der Waals surface area (Å²) in [6, 6.07) is 1.98. The van der Waals surface area contributed by atoms with Crippen LogP contribution in [0.15, 0.2) is 21.3 Å². The van der Waals surface area contributed by atoms with Gasteiger partial charge in [0.1, 0.15) is 0 Å². The number of piperazine rings is 1.